The molecule has 1 atom stereocenters. The molecular formula is C17H21NO3. The minimum absolute atomic E-state index is 0.182. The van der Waals surface area contributed by atoms with E-state index >= 15 is 0 Å². The largest absolute Gasteiger partial charge is 0.493 e. The molecule has 2 N–H and O–H groups in total. The van der Waals surface area contributed by atoms with E-state index in [1.807, 2.05) is 55.6 Å². The lowest BCUT2D eigenvalue weighted by Crippen LogP contribution is -2.13. The first kappa shape index (κ1) is 15.4. The maximum atomic E-state index is 10.2. The molecule has 0 aliphatic carbocycles. The normalized spacial score (nSPS) is 12.0. The molecule has 2 aromatic rings. The predicted molar refractivity (Wildman–Crippen MR) is 82.7 cm³/mol. The van der Waals surface area contributed by atoms with Gasteiger partial charge >= 0.3 is 0 Å². The topological polar surface area (TPSA) is 50.7 Å². The predicted octanol–water partition coefficient (Wildman–Crippen LogP) is 2.53. The number of para-hydroxylation sites is 1. The van der Waals surface area contributed by atoms with Crippen molar-refractivity contribution >= 4 is 0 Å². The van der Waals surface area contributed by atoms with Crippen molar-refractivity contribution in [3.63, 3.8) is 0 Å². The minimum Gasteiger partial charge on any atom is -0.493 e. The number of nitrogens with one attached hydrogen (secondary N) is 1. The maximum Gasteiger partial charge on any atom is 0.165 e. The third-order valence-electron chi connectivity index (χ3n) is 3.22. The van der Waals surface area contributed by atoms with Gasteiger partial charge in [0.1, 0.15) is 12.7 Å². The van der Waals surface area contributed by atoms with Crippen molar-refractivity contribution < 1.29 is 14.6 Å². The van der Waals surface area contributed by atoms with E-state index in [1.54, 1.807) is 7.11 Å². The van der Waals surface area contributed by atoms with Crippen LogP contribution in [0.25, 0.3) is 0 Å². The highest BCUT2D eigenvalue weighted by atomic mass is 16.5. The molecule has 0 aromatic heterocycles. The Morgan fingerprint density at radius 2 is 1.86 bits per heavy atom. The SMILES string of the molecule is CNCc1cccc(OC)c1OCC(O)c1ccccc1. The molecule has 0 heterocycles. The molecule has 0 saturated carbocycles. The van der Waals surface area contributed by atoms with Crippen molar-refractivity contribution in [3.05, 3.63) is 59.7 Å². The molecule has 21 heavy (non-hydrogen) atoms. The van der Waals surface area contributed by atoms with Crippen LogP contribution in [0, 0.1) is 0 Å². The number of ether oxygens (including phenoxy) is 2. The fourth-order valence-corrected chi connectivity index (χ4v) is 2.15. The number of hydrogen-bond donors (Lipinski definition) is 2. The van der Waals surface area contributed by atoms with E-state index in [0.29, 0.717) is 18.0 Å². The van der Waals surface area contributed by atoms with E-state index in [-0.39, 0.29) is 6.61 Å². The Labute approximate surface area is 125 Å². The molecule has 0 saturated heterocycles. The summed E-state index contributed by atoms with van der Waals surface area (Å²) in [5.41, 5.74) is 1.83. The molecule has 2 rings (SSSR count). The van der Waals surface area contributed by atoms with Crippen LogP contribution in [-0.2, 0) is 6.54 Å². The Hall–Kier alpha value is -2.04. The number of methoxy groups -OCH3 is 1. The van der Waals surface area contributed by atoms with Crippen molar-refractivity contribution in [2.45, 2.75) is 12.6 Å². The molecule has 4 nitrogen and oxygen atoms in total. The summed E-state index contributed by atoms with van der Waals surface area (Å²) in [5.74, 6) is 1.34. The average molecular weight is 287 g/mol. The van der Waals surface area contributed by atoms with Crippen LogP contribution in [0.3, 0.4) is 0 Å². The lowest BCUT2D eigenvalue weighted by Gasteiger charge is -2.17. The number of aliphatic hydroxyl groups excluding tert-OH is 1. The second-order valence-corrected chi connectivity index (χ2v) is 4.72. The number of rotatable bonds is 7. The second kappa shape index (κ2) is 7.67. The Bertz CT molecular complexity index is 557. The molecule has 0 aliphatic rings. The van der Waals surface area contributed by atoms with Gasteiger partial charge in [0.2, 0.25) is 0 Å². The minimum atomic E-state index is -0.668. The lowest BCUT2D eigenvalue weighted by molar-refractivity contribution is 0.105. The fraction of sp³-hybridized carbons (Fsp3) is 0.294. The van der Waals surface area contributed by atoms with Crippen molar-refractivity contribution in [1.82, 2.24) is 5.32 Å². The van der Waals surface area contributed by atoms with E-state index in [1.165, 1.54) is 0 Å². The zero-order valence-electron chi connectivity index (χ0n) is 12.4. The molecule has 0 radical (unpaired) electrons. The summed E-state index contributed by atoms with van der Waals surface area (Å²) in [6, 6.07) is 15.2. The highest BCUT2D eigenvalue weighted by Crippen LogP contribution is 2.31. The van der Waals surface area contributed by atoms with E-state index in [4.69, 9.17) is 9.47 Å². The molecule has 0 spiro atoms. The van der Waals surface area contributed by atoms with Crippen LogP contribution >= 0.6 is 0 Å². The van der Waals surface area contributed by atoms with Crippen LogP contribution in [0.4, 0.5) is 0 Å². The van der Waals surface area contributed by atoms with Crippen molar-refractivity contribution in [2.24, 2.45) is 0 Å². The van der Waals surface area contributed by atoms with E-state index < -0.39 is 6.10 Å². The van der Waals surface area contributed by atoms with Gasteiger partial charge in [-0.25, -0.2) is 0 Å². The molecule has 1 unspecified atom stereocenters. The number of benzene rings is 2. The fourth-order valence-electron chi connectivity index (χ4n) is 2.15. The summed E-state index contributed by atoms with van der Waals surface area (Å²) >= 11 is 0. The molecule has 0 bridgehead atoms. The van der Waals surface area contributed by atoms with Crippen molar-refractivity contribution in [1.29, 1.82) is 0 Å². The highest BCUT2D eigenvalue weighted by molar-refractivity contribution is 5.46. The quantitative estimate of drug-likeness (QED) is 0.821. The Balaban J connectivity index is 2.11. The molecule has 112 valence electrons. The zero-order valence-corrected chi connectivity index (χ0v) is 12.4. The van der Waals surface area contributed by atoms with Crippen LogP contribution < -0.4 is 14.8 Å². The summed E-state index contributed by atoms with van der Waals surface area (Å²) < 4.78 is 11.1. The monoisotopic (exact) mass is 287 g/mol. The van der Waals surface area contributed by atoms with Crippen LogP contribution in [0.5, 0.6) is 11.5 Å². The smallest absolute Gasteiger partial charge is 0.165 e. The maximum absolute atomic E-state index is 10.2. The summed E-state index contributed by atoms with van der Waals surface area (Å²) in [6.45, 7) is 0.856. The first-order valence-corrected chi connectivity index (χ1v) is 6.92. The van der Waals surface area contributed by atoms with E-state index in [2.05, 4.69) is 5.32 Å². The Morgan fingerprint density at radius 3 is 2.52 bits per heavy atom. The average Bonchev–Trinajstić information content (AvgIpc) is 2.54. The summed E-state index contributed by atoms with van der Waals surface area (Å²) in [7, 11) is 3.49. The third-order valence-corrected chi connectivity index (χ3v) is 3.22. The van der Waals surface area contributed by atoms with Gasteiger partial charge in [0.05, 0.1) is 7.11 Å². The van der Waals surface area contributed by atoms with E-state index in [0.717, 1.165) is 11.1 Å². The van der Waals surface area contributed by atoms with Gasteiger partial charge in [0, 0.05) is 12.1 Å². The standard InChI is InChI=1S/C17H21NO3/c1-18-11-14-9-6-10-16(20-2)17(14)21-12-15(19)13-7-4-3-5-8-13/h3-10,15,18-19H,11-12H2,1-2H3. The molecule has 0 fully saturated rings. The van der Waals surface area contributed by atoms with Gasteiger partial charge in [-0.15, -0.1) is 0 Å². The first-order valence-electron chi connectivity index (χ1n) is 6.92. The van der Waals surface area contributed by atoms with Gasteiger partial charge in [-0.2, -0.15) is 0 Å². The van der Waals surface area contributed by atoms with Crippen LogP contribution in [-0.4, -0.2) is 25.9 Å². The molecule has 0 aliphatic heterocycles. The zero-order chi connectivity index (χ0) is 15.1. The third kappa shape index (κ3) is 3.97. The Morgan fingerprint density at radius 1 is 1.10 bits per heavy atom. The molecular weight excluding hydrogens is 266 g/mol. The molecule has 0 amide bonds. The van der Waals surface area contributed by atoms with Crippen LogP contribution in [0.15, 0.2) is 48.5 Å². The summed E-state index contributed by atoms with van der Waals surface area (Å²) in [6.07, 6.45) is -0.668. The summed E-state index contributed by atoms with van der Waals surface area (Å²) in [5, 5.41) is 13.3. The van der Waals surface area contributed by atoms with E-state index in [9.17, 15) is 5.11 Å². The second-order valence-electron chi connectivity index (χ2n) is 4.72. The molecule has 4 heteroatoms. The Kier molecular flexibility index (Phi) is 5.60. The van der Waals surface area contributed by atoms with Gasteiger partial charge in [0.25, 0.3) is 0 Å². The first-order chi connectivity index (χ1) is 10.3. The van der Waals surface area contributed by atoms with Gasteiger partial charge in [-0.1, -0.05) is 42.5 Å². The van der Waals surface area contributed by atoms with Gasteiger partial charge in [-0.05, 0) is 18.7 Å². The van der Waals surface area contributed by atoms with Gasteiger partial charge < -0.3 is 19.9 Å². The van der Waals surface area contributed by atoms with Gasteiger partial charge in [-0.3, -0.25) is 0 Å². The van der Waals surface area contributed by atoms with Gasteiger partial charge in [0.15, 0.2) is 11.5 Å². The van der Waals surface area contributed by atoms with Crippen LogP contribution in [0.2, 0.25) is 0 Å². The van der Waals surface area contributed by atoms with Crippen molar-refractivity contribution in [3.8, 4) is 11.5 Å². The highest BCUT2D eigenvalue weighted by Gasteiger charge is 2.13. The van der Waals surface area contributed by atoms with Crippen LogP contribution in [0.1, 0.15) is 17.2 Å². The lowest BCUT2D eigenvalue weighted by atomic mass is 10.1. The number of aliphatic hydroxyl groups is 1. The molecule has 2 aromatic carbocycles. The van der Waals surface area contributed by atoms with Crippen molar-refractivity contribution in [2.75, 3.05) is 20.8 Å². The number of hydrogen-bond acceptors (Lipinski definition) is 4. The summed E-state index contributed by atoms with van der Waals surface area (Å²) in [4.78, 5) is 0.